The lowest BCUT2D eigenvalue weighted by Gasteiger charge is -2.19. The van der Waals surface area contributed by atoms with Crippen LogP contribution in [-0.2, 0) is 27.5 Å². The van der Waals surface area contributed by atoms with E-state index in [4.69, 9.17) is 27.8 Å². The summed E-state index contributed by atoms with van der Waals surface area (Å²) in [5.74, 6) is -2.22. The highest BCUT2D eigenvalue weighted by molar-refractivity contribution is 7.85. The van der Waals surface area contributed by atoms with Gasteiger partial charge in [-0.1, -0.05) is 105 Å². The van der Waals surface area contributed by atoms with E-state index in [1.54, 1.807) is 36.4 Å². The summed E-state index contributed by atoms with van der Waals surface area (Å²) in [7, 11) is -4.22. The van der Waals surface area contributed by atoms with Crippen LogP contribution in [0.4, 0.5) is 18.9 Å². The van der Waals surface area contributed by atoms with Crippen LogP contribution in [0.3, 0.4) is 0 Å². The predicted octanol–water partition coefficient (Wildman–Crippen LogP) is 9.32. The Bertz CT molecular complexity index is 1990. The van der Waals surface area contributed by atoms with Crippen molar-refractivity contribution in [3.8, 4) is 11.1 Å². The fourth-order valence-electron chi connectivity index (χ4n) is 4.90. The molecule has 0 fully saturated rings. The Morgan fingerprint density at radius 1 is 0.880 bits per heavy atom. The maximum atomic E-state index is 13.9. The molecule has 0 saturated carbocycles. The van der Waals surface area contributed by atoms with E-state index >= 15 is 0 Å². The van der Waals surface area contributed by atoms with Crippen LogP contribution in [0.15, 0.2) is 91.0 Å². The fraction of sp³-hybridized carbons (Fsp3) is 0.243. The molecule has 264 valence electrons. The predicted molar refractivity (Wildman–Crippen MR) is 192 cm³/mol. The minimum atomic E-state index is -4.54. The van der Waals surface area contributed by atoms with Crippen molar-refractivity contribution in [2.24, 2.45) is 5.41 Å². The number of hydrogen-bond acceptors (Lipinski definition) is 4. The molecule has 0 spiro atoms. The summed E-state index contributed by atoms with van der Waals surface area (Å²) < 4.78 is 70.1. The van der Waals surface area contributed by atoms with Crippen LogP contribution >= 0.6 is 23.2 Å². The van der Waals surface area contributed by atoms with Crippen molar-refractivity contribution < 1.29 is 35.7 Å². The lowest BCUT2D eigenvalue weighted by molar-refractivity contribution is -0.137. The van der Waals surface area contributed by atoms with Crippen molar-refractivity contribution in [3.05, 3.63) is 129 Å². The normalized spacial score (nSPS) is 12.9. The second-order valence-electron chi connectivity index (χ2n) is 12.7. The highest BCUT2D eigenvalue weighted by Crippen LogP contribution is 2.38. The Kier molecular flexibility index (Phi) is 12.2. The minimum absolute atomic E-state index is 0.0205. The molecule has 0 aliphatic rings. The van der Waals surface area contributed by atoms with E-state index in [-0.39, 0.29) is 45.6 Å². The molecule has 13 heteroatoms. The average Bonchev–Trinajstić information content (AvgIpc) is 3.02. The van der Waals surface area contributed by atoms with Crippen LogP contribution in [0.1, 0.15) is 59.3 Å². The summed E-state index contributed by atoms with van der Waals surface area (Å²) in [6.45, 7) is 6.00. The van der Waals surface area contributed by atoms with Crippen LogP contribution in [0, 0.1) is 5.41 Å². The fourth-order valence-corrected chi connectivity index (χ4v) is 5.78. The SMILES string of the molecule is CC(C)(C)C=Cc1ccc(C(Cc2ccc(C(=O)NCCS(=O)(=O)O)cc2)C(=O)Nc2ccc(-c3ccc(C(F)(F)F)cc3Cl)cc2Cl)cc1. The van der Waals surface area contributed by atoms with E-state index in [1.165, 1.54) is 12.1 Å². The number of allylic oxidation sites excluding steroid dienone is 1. The zero-order chi connectivity index (χ0) is 36.9. The van der Waals surface area contributed by atoms with Gasteiger partial charge in [-0.3, -0.25) is 14.1 Å². The number of carbonyl (C=O) groups excluding carboxylic acids is 2. The molecule has 0 saturated heterocycles. The van der Waals surface area contributed by atoms with Crippen LogP contribution in [0.25, 0.3) is 17.2 Å². The van der Waals surface area contributed by atoms with Gasteiger partial charge in [-0.15, -0.1) is 0 Å². The lowest BCUT2D eigenvalue weighted by Crippen LogP contribution is -2.28. The van der Waals surface area contributed by atoms with Crippen molar-refractivity contribution in [1.29, 1.82) is 0 Å². The van der Waals surface area contributed by atoms with Gasteiger partial charge in [-0.05, 0) is 70.5 Å². The molecule has 4 aromatic carbocycles. The first kappa shape index (κ1) is 38.6. The molecule has 0 aliphatic heterocycles. The average molecular weight is 748 g/mol. The summed E-state index contributed by atoms with van der Waals surface area (Å²) in [5, 5.41) is 5.35. The molecular weight excluding hydrogens is 712 g/mol. The Hall–Kier alpha value is -4.16. The number of nitrogens with one attached hydrogen (secondary N) is 2. The van der Waals surface area contributed by atoms with E-state index in [9.17, 15) is 31.2 Å². The third-order valence-corrected chi connectivity index (χ3v) is 8.91. The highest BCUT2D eigenvalue weighted by atomic mass is 35.5. The summed E-state index contributed by atoms with van der Waals surface area (Å²) >= 11 is 12.7. The molecule has 0 aliphatic carbocycles. The zero-order valence-corrected chi connectivity index (χ0v) is 29.6. The van der Waals surface area contributed by atoms with E-state index in [2.05, 4.69) is 37.5 Å². The zero-order valence-electron chi connectivity index (χ0n) is 27.3. The van der Waals surface area contributed by atoms with Crippen molar-refractivity contribution in [1.82, 2.24) is 5.32 Å². The van der Waals surface area contributed by atoms with Gasteiger partial charge < -0.3 is 10.6 Å². The first-order valence-electron chi connectivity index (χ1n) is 15.4. The minimum Gasteiger partial charge on any atom is -0.351 e. The first-order chi connectivity index (χ1) is 23.3. The highest BCUT2D eigenvalue weighted by Gasteiger charge is 2.31. The molecular formula is C37H35Cl2F3N2O5S. The van der Waals surface area contributed by atoms with Gasteiger partial charge in [0.15, 0.2) is 0 Å². The van der Waals surface area contributed by atoms with Gasteiger partial charge in [0.1, 0.15) is 0 Å². The Morgan fingerprint density at radius 2 is 1.54 bits per heavy atom. The van der Waals surface area contributed by atoms with Crippen LogP contribution in [0.5, 0.6) is 0 Å². The molecule has 4 aromatic rings. The topological polar surface area (TPSA) is 113 Å². The largest absolute Gasteiger partial charge is 0.416 e. The van der Waals surface area contributed by atoms with Gasteiger partial charge in [-0.2, -0.15) is 21.6 Å². The maximum absolute atomic E-state index is 13.9. The number of rotatable bonds is 11. The van der Waals surface area contributed by atoms with E-state index in [0.717, 1.165) is 23.3 Å². The molecule has 0 radical (unpaired) electrons. The number of benzene rings is 4. The monoisotopic (exact) mass is 746 g/mol. The van der Waals surface area contributed by atoms with Gasteiger partial charge in [-0.25, -0.2) is 0 Å². The van der Waals surface area contributed by atoms with E-state index < -0.39 is 39.4 Å². The second-order valence-corrected chi connectivity index (χ2v) is 15.1. The number of amides is 2. The molecule has 0 heterocycles. The molecule has 4 rings (SSSR count). The molecule has 0 aromatic heterocycles. The van der Waals surface area contributed by atoms with Crippen LogP contribution in [0.2, 0.25) is 10.0 Å². The van der Waals surface area contributed by atoms with E-state index in [0.29, 0.717) is 16.7 Å². The molecule has 1 atom stereocenters. The van der Waals surface area contributed by atoms with Crippen LogP contribution in [-0.4, -0.2) is 37.1 Å². The summed E-state index contributed by atoms with van der Waals surface area (Å²) in [6.07, 6.45) is -0.220. The summed E-state index contributed by atoms with van der Waals surface area (Å²) in [4.78, 5) is 26.3. The van der Waals surface area contributed by atoms with Gasteiger partial charge in [0, 0.05) is 22.7 Å². The van der Waals surface area contributed by atoms with E-state index in [1.807, 2.05) is 30.3 Å². The Labute approximate surface area is 299 Å². The molecule has 2 amide bonds. The number of hydrogen-bond donors (Lipinski definition) is 3. The standard InChI is InChI=1S/C37H35Cl2F3N2O5S/c1-36(2,3)17-16-23-4-8-25(9-5-23)30(20-24-6-10-26(11-7-24)34(45)43-18-19-50(47,48)49)35(46)44-33-15-12-27(21-32(33)39)29-14-13-28(22-31(29)38)37(40,41)42/h4-17,21-22,30H,18-20H2,1-3H3,(H,43,45)(H,44,46)(H,47,48,49). The molecule has 3 N–H and O–H groups in total. The smallest absolute Gasteiger partial charge is 0.351 e. The van der Waals surface area contributed by atoms with Gasteiger partial charge >= 0.3 is 6.18 Å². The first-order valence-corrected chi connectivity index (χ1v) is 17.7. The molecule has 7 nitrogen and oxygen atoms in total. The number of carbonyl (C=O) groups is 2. The Balaban J connectivity index is 1.58. The second kappa shape index (κ2) is 15.8. The molecule has 50 heavy (non-hydrogen) atoms. The third-order valence-electron chi connectivity index (χ3n) is 7.57. The quantitative estimate of drug-likeness (QED) is 0.133. The van der Waals surface area contributed by atoms with Crippen molar-refractivity contribution in [3.63, 3.8) is 0 Å². The number of halogens is 5. The summed E-state index contributed by atoms with van der Waals surface area (Å²) in [5.41, 5.74) is 2.86. The van der Waals surface area contributed by atoms with Crippen molar-refractivity contribution >= 4 is 56.9 Å². The van der Waals surface area contributed by atoms with Crippen molar-refractivity contribution in [2.75, 3.05) is 17.6 Å². The van der Waals surface area contributed by atoms with Gasteiger partial charge in [0.25, 0.3) is 16.0 Å². The van der Waals surface area contributed by atoms with Crippen LogP contribution < -0.4 is 10.6 Å². The Morgan fingerprint density at radius 3 is 2.10 bits per heavy atom. The number of anilines is 1. The lowest BCUT2D eigenvalue weighted by atomic mass is 9.89. The van der Waals surface area contributed by atoms with Crippen molar-refractivity contribution in [2.45, 2.75) is 39.3 Å². The summed E-state index contributed by atoms with van der Waals surface area (Å²) in [6, 6.07) is 21.7. The molecule has 1 unspecified atom stereocenters. The molecule has 0 bridgehead atoms. The number of alkyl halides is 3. The maximum Gasteiger partial charge on any atom is 0.416 e. The third kappa shape index (κ3) is 11.2. The van der Waals surface area contributed by atoms with Gasteiger partial charge in [0.05, 0.1) is 27.9 Å². The van der Waals surface area contributed by atoms with Gasteiger partial charge in [0.2, 0.25) is 5.91 Å².